The summed E-state index contributed by atoms with van der Waals surface area (Å²) in [6, 6.07) is 5.51. The summed E-state index contributed by atoms with van der Waals surface area (Å²) in [7, 11) is 0. The van der Waals surface area contributed by atoms with Crippen molar-refractivity contribution in [2.45, 2.75) is 46.1 Å². The molecule has 0 aliphatic carbocycles. The maximum absolute atomic E-state index is 12.7. The number of benzene rings is 1. The number of amides is 3. The Morgan fingerprint density at radius 2 is 2.00 bits per heavy atom. The van der Waals surface area contributed by atoms with Crippen LogP contribution in [0, 0.1) is 19.8 Å². The Bertz CT molecular complexity index is 764. The minimum atomic E-state index is -0.267. The minimum absolute atomic E-state index is 0.0107. The highest BCUT2D eigenvalue weighted by molar-refractivity contribution is 5.97. The molecular weight excluding hydrogens is 358 g/mol. The lowest BCUT2D eigenvalue weighted by molar-refractivity contribution is -0.149. The highest BCUT2D eigenvalue weighted by Gasteiger charge is 2.34. The summed E-state index contributed by atoms with van der Waals surface area (Å²) in [5.74, 6) is -0.495. The third-order valence-electron chi connectivity index (χ3n) is 5.58. The predicted octanol–water partition coefficient (Wildman–Crippen LogP) is 2.39. The Morgan fingerprint density at radius 1 is 1.21 bits per heavy atom. The van der Waals surface area contributed by atoms with E-state index in [0.717, 1.165) is 24.1 Å². The van der Waals surface area contributed by atoms with Crippen molar-refractivity contribution in [1.29, 1.82) is 0 Å². The number of urea groups is 1. The largest absolute Gasteiger partial charge is 0.466 e. The van der Waals surface area contributed by atoms with Crippen LogP contribution < -0.4 is 10.2 Å². The summed E-state index contributed by atoms with van der Waals surface area (Å²) >= 11 is 0. The SMILES string of the molecule is CCOC(=O)[C@H]1CCCN(C(=O)N[C@@H]2CC(=O)N(c3ccc(C)c(C)c3)C2)C1. The van der Waals surface area contributed by atoms with Gasteiger partial charge in [-0.15, -0.1) is 0 Å². The monoisotopic (exact) mass is 387 g/mol. The van der Waals surface area contributed by atoms with Crippen LogP contribution in [0.5, 0.6) is 0 Å². The van der Waals surface area contributed by atoms with Gasteiger partial charge in [-0.05, 0) is 56.9 Å². The zero-order valence-electron chi connectivity index (χ0n) is 16.9. The first-order valence-electron chi connectivity index (χ1n) is 9.98. The van der Waals surface area contributed by atoms with E-state index in [1.54, 1.807) is 16.7 Å². The lowest BCUT2D eigenvalue weighted by atomic mass is 9.98. The van der Waals surface area contributed by atoms with Gasteiger partial charge in [-0.3, -0.25) is 9.59 Å². The van der Waals surface area contributed by atoms with Crippen LogP contribution in [0.1, 0.15) is 37.3 Å². The zero-order chi connectivity index (χ0) is 20.3. The van der Waals surface area contributed by atoms with Crippen LogP contribution in [0.3, 0.4) is 0 Å². The molecule has 0 unspecified atom stereocenters. The number of carbonyl (C=O) groups excluding carboxylic acids is 3. The second kappa shape index (κ2) is 8.63. The van der Waals surface area contributed by atoms with Gasteiger partial charge < -0.3 is 19.9 Å². The molecule has 2 aliphatic rings. The maximum atomic E-state index is 12.7. The fourth-order valence-electron chi connectivity index (χ4n) is 3.83. The summed E-state index contributed by atoms with van der Waals surface area (Å²) in [5.41, 5.74) is 3.18. The standard InChI is InChI=1S/C21H29N3O4/c1-4-28-20(26)16-6-5-9-23(12-16)21(27)22-17-11-19(25)24(13-17)18-8-7-14(2)15(3)10-18/h7-8,10,16-17H,4-6,9,11-13H2,1-3H3,(H,22,27)/t16-,17+/m0/s1. The highest BCUT2D eigenvalue weighted by atomic mass is 16.5. The molecule has 0 radical (unpaired) electrons. The number of esters is 1. The van der Waals surface area contributed by atoms with Crippen molar-refractivity contribution in [3.05, 3.63) is 29.3 Å². The van der Waals surface area contributed by atoms with E-state index in [9.17, 15) is 14.4 Å². The van der Waals surface area contributed by atoms with E-state index in [2.05, 4.69) is 5.32 Å². The first kappa shape index (κ1) is 20.2. The molecule has 0 spiro atoms. The lowest BCUT2D eigenvalue weighted by Gasteiger charge is -2.32. The van der Waals surface area contributed by atoms with E-state index in [-0.39, 0.29) is 36.3 Å². The van der Waals surface area contributed by atoms with E-state index in [0.29, 0.717) is 26.2 Å². The van der Waals surface area contributed by atoms with Crippen LogP contribution in [0.25, 0.3) is 0 Å². The molecule has 2 atom stereocenters. The molecular formula is C21H29N3O4. The third-order valence-corrected chi connectivity index (χ3v) is 5.58. The number of nitrogens with zero attached hydrogens (tertiary/aromatic N) is 2. The Morgan fingerprint density at radius 3 is 2.71 bits per heavy atom. The van der Waals surface area contributed by atoms with Crippen LogP contribution in [0.15, 0.2) is 18.2 Å². The first-order valence-corrected chi connectivity index (χ1v) is 9.98. The molecule has 1 aromatic carbocycles. The van der Waals surface area contributed by atoms with Gasteiger partial charge in [-0.2, -0.15) is 0 Å². The fraction of sp³-hybridized carbons (Fsp3) is 0.571. The van der Waals surface area contributed by atoms with E-state index in [4.69, 9.17) is 4.74 Å². The van der Waals surface area contributed by atoms with Gasteiger partial charge in [-0.1, -0.05) is 6.07 Å². The van der Waals surface area contributed by atoms with Gasteiger partial charge in [-0.25, -0.2) is 4.79 Å². The van der Waals surface area contributed by atoms with Gasteiger partial charge in [0.2, 0.25) is 5.91 Å². The molecule has 3 rings (SSSR count). The predicted molar refractivity (Wildman–Crippen MR) is 106 cm³/mol. The van der Waals surface area contributed by atoms with E-state index in [1.165, 1.54) is 5.56 Å². The summed E-state index contributed by atoms with van der Waals surface area (Å²) in [6.45, 7) is 7.63. The number of piperidine rings is 1. The summed E-state index contributed by atoms with van der Waals surface area (Å²) in [5, 5.41) is 2.97. The van der Waals surface area contributed by atoms with Crippen molar-refractivity contribution in [3.8, 4) is 0 Å². The van der Waals surface area contributed by atoms with Crippen molar-refractivity contribution in [3.63, 3.8) is 0 Å². The molecule has 0 bridgehead atoms. The smallest absolute Gasteiger partial charge is 0.317 e. The Balaban J connectivity index is 1.58. The number of aryl methyl sites for hydroxylation is 2. The van der Waals surface area contributed by atoms with Crippen LogP contribution >= 0.6 is 0 Å². The third kappa shape index (κ3) is 4.46. The van der Waals surface area contributed by atoms with Gasteiger partial charge in [0.05, 0.1) is 18.6 Å². The second-order valence-corrected chi connectivity index (χ2v) is 7.66. The maximum Gasteiger partial charge on any atom is 0.317 e. The van der Waals surface area contributed by atoms with Gasteiger partial charge in [0.25, 0.3) is 0 Å². The Kier molecular flexibility index (Phi) is 6.21. The normalized spacial score (nSPS) is 22.3. The molecule has 28 heavy (non-hydrogen) atoms. The van der Waals surface area contributed by atoms with Crippen LogP contribution in [0.2, 0.25) is 0 Å². The van der Waals surface area contributed by atoms with Gasteiger partial charge in [0.15, 0.2) is 0 Å². The van der Waals surface area contributed by atoms with Crippen molar-refractivity contribution in [2.75, 3.05) is 31.1 Å². The van der Waals surface area contributed by atoms with Crippen molar-refractivity contribution < 1.29 is 19.1 Å². The van der Waals surface area contributed by atoms with E-state index in [1.807, 2.05) is 32.0 Å². The lowest BCUT2D eigenvalue weighted by Crippen LogP contribution is -2.50. The molecule has 1 aromatic rings. The van der Waals surface area contributed by atoms with Gasteiger partial charge in [0.1, 0.15) is 0 Å². The van der Waals surface area contributed by atoms with Gasteiger partial charge >= 0.3 is 12.0 Å². The molecule has 2 fully saturated rings. The molecule has 2 saturated heterocycles. The molecule has 1 N–H and O–H groups in total. The summed E-state index contributed by atoms with van der Waals surface area (Å²) < 4.78 is 5.09. The van der Waals surface area contributed by atoms with Gasteiger partial charge in [0, 0.05) is 31.7 Å². The molecule has 7 nitrogen and oxygen atoms in total. The average molecular weight is 387 g/mol. The van der Waals surface area contributed by atoms with E-state index >= 15 is 0 Å². The molecule has 0 aromatic heterocycles. The number of hydrogen-bond acceptors (Lipinski definition) is 4. The fourth-order valence-corrected chi connectivity index (χ4v) is 3.83. The second-order valence-electron chi connectivity index (χ2n) is 7.66. The average Bonchev–Trinajstić information content (AvgIpc) is 3.04. The number of hydrogen-bond donors (Lipinski definition) is 1. The molecule has 2 heterocycles. The number of likely N-dealkylation sites (tertiary alicyclic amines) is 1. The molecule has 7 heteroatoms. The highest BCUT2D eigenvalue weighted by Crippen LogP contribution is 2.24. The van der Waals surface area contributed by atoms with Crippen molar-refractivity contribution in [2.24, 2.45) is 5.92 Å². The number of carbonyl (C=O) groups is 3. The topological polar surface area (TPSA) is 79.0 Å². The first-order chi connectivity index (χ1) is 13.4. The molecule has 152 valence electrons. The Labute approximate surface area is 166 Å². The van der Waals surface area contributed by atoms with Crippen molar-refractivity contribution in [1.82, 2.24) is 10.2 Å². The number of rotatable bonds is 4. The number of ether oxygens (including phenoxy) is 1. The Hall–Kier alpha value is -2.57. The van der Waals surface area contributed by atoms with Crippen LogP contribution in [0.4, 0.5) is 10.5 Å². The van der Waals surface area contributed by atoms with Crippen LogP contribution in [-0.2, 0) is 14.3 Å². The molecule has 2 aliphatic heterocycles. The quantitative estimate of drug-likeness (QED) is 0.805. The molecule has 0 saturated carbocycles. The van der Waals surface area contributed by atoms with E-state index < -0.39 is 0 Å². The summed E-state index contributed by atoms with van der Waals surface area (Å²) in [6.07, 6.45) is 1.80. The minimum Gasteiger partial charge on any atom is -0.466 e. The number of anilines is 1. The number of nitrogens with one attached hydrogen (secondary N) is 1. The van der Waals surface area contributed by atoms with Crippen LogP contribution in [-0.4, -0.2) is 55.1 Å². The summed E-state index contributed by atoms with van der Waals surface area (Å²) in [4.78, 5) is 40.5. The van der Waals surface area contributed by atoms with Crippen molar-refractivity contribution >= 4 is 23.6 Å². The zero-order valence-corrected chi connectivity index (χ0v) is 16.9. The molecule has 3 amide bonds.